The van der Waals surface area contributed by atoms with Crippen LogP contribution in [0.3, 0.4) is 0 Å². The smallest absolute Gasteiger partial charge is 0.0371 e. The van der Waals surface area contributed by atoms with Gasteiger partial charge in [0.25, 0.3) is 0 Å². The maximum Gasteiger partial charge on any atom is 0.0371 e. The Bertz CT molecular complexity index is 403. The van der Waals surface area contributed by atoms with E-state index < -0.39 is 0 Å². The molecule has 2 aliphatic rings. The van der Waals surface area contributed by atoms with Crippen LogP contribution in [0.5, 0.6) is 0 Å². The molecule has 0 atom stereocenters. The second-order valence-electron chi connectivity index (χ2n) is 5.56. The van der Waals surface area contributed by atoms with E-state index in [0.29, 0.717) is 5.41 Å². The van der Waals surface area contributed by atoms with Crippen molar-refractivity contribution in [1.82, 2.24) is 0 Å². The molecule has 1 aromatic rings. The van der Waals surface area contributed by atoms with Gasteiger partial charge in [-0.3, -0.25) is 0 Å². The van der Waals surface area contributed by atoms with E-state index in [1.54, 1.807) is 0 Å². The summed E-state index contributed by atoms with van der Waals surface area (Å²) in [6, 6.07) is 6.12. The molecule has 0 radical (unpaired) electrons. The first-order chi connectivity index (χ1) is 7.70. The molecule has 0 spiro atoms. The van der Waals surface area contributed by atoms with Gasteiger partial charge >= 0.3 is 0 Å². The molecule has 86 valence electrons. The maximum absolute atomic E-state index is 5.75. The van der Waals surface area contributed by atoms with Gasteiger partial charge in [0.2, 0.25) is 0 Å². The van der Waals surface area contributed by atoms with Crippen molar-refractivity contribution in [2.75, 3.05) is 17.6 Å². The molecule has 0 amide bonds. The fourth-order valence-corrected chi connectivity index (χ4v) is 2.74. The van der Waals surface area contributed by atoms with Crippen molar-refractivity contribution in [3.8, 4) is 0 Å². The molecule has 1 aromatic carbocycles. The molecule has 0 saturated heterocycles. The highest BCUT2D eigenvalue weighted by Gasteiger charge is 2.53. The van der Waals surface area contributed by atoms with Crippen LogP contribution in [-0.4, -0.2) is 6.54 Å². The van der Waals surface area contributed by atoms with Crippen molar-refractivity contribution < 1.29 is 0 Å². The number of anilines is 2. The molecule has 2 saturated carbocycles. The molecule has 16 heavy (non-hydrogen) atoms. The molecule has 3 N–H and O–H groups in total. The summed E-state index contributed by atoms with van der Waals surface area (Å²) < 4.78 is 0. The molecule has 2 heteroatoms. The average molecular weight is 216 g/mol. The first kappa shape index (κ1) is 10.0. The summed E-state index contributed by atoms with van der Waals surface area (Å²) in [4.78, 5) is 0. The van der Waals surface area contributed by atoms with Crippen molar-refractivity contribution in [3.05, 3.63) is 23.8 Å². The Morgan fingerprint density at radius 1 is 1.38 bits per heavy atom. The summed E-state index contributed by atoms with van der Waals surface area (Å²) >= 11 is 0. The van der Waals surface area contributed by atoms with Crippen molar-refractivity contribution in [3.63, 3.8) is 0 Å². The summed E-state index contributed by atoms with van der Waals surface area (Å²) in [6.45, 7) is 3.28. The number of rotatable bonds is 4. The van der Waals surface area contributed by atoms with Gasteiger partial charge in [0.05, 0.1) is 0 Å². The van der Waals surface area contributed by atoms with Crippen LogP contribution in [-0.2, 0) is 0 Å². The molecule has 0 unspecified atom stereocenters. The van der Waals surface area contributed by atoms with Gasteiger partial charge < -0.3 is 11.1 Å². The van der Waals surface area contributed by atoms with E-state index in [9.17, 15) is 0 Å². The summed E-state index contributed by atoms with van der Waals surface area (Å²) in [5.41, 5.74) is 9.77. The number of hydrogen-bond donors (Lipinski definition) is 2. The molecule has 2 nitrogen and oxygen atoms in total. The number of nitrogens with one attached hydrogen (secondary N) is 1. The summed E-state index contributed by atoms with van der Waals surface area (Å²) in [6.07, 6.45) is 5.78. The SMILES string of the molecule is Cc1cc(N)ccc1NCC1(C2CC2)CC1. The lowest BCUT2D eigenvalue weighted by atomic mass is 10.0. The third kappa shape index (κ3) is 1.77. The van der Waals surface area contributed by atoms with E-state index >= 15 is 0 Å². The van der Waals surface area contributed by atoms with E-state index in [0.717, 1.165) is 18.2 Å². The maximum atomic E-state index is 5.75. The highest BCUT2D eigenvalue weighted by molar-refractivity contribution is 5.57. The highest BCUT2D eigenvalue weighted by atomic mass is 14.9. The number of nitrogen functional groups attached to an aromatic ring is 1. The predicted octanol–water partition coefficient (Wildman–Crippen LogP) is 3.18. The molecule has 3 rings (SSSR count). The molecule has 2 aliphatic carbocycles. The van der Waals surface area contributed by atoms with Gasteiger partial charge in [-0.15, -0.1) is 0 Å². The fraction of sp³-hybridized carbons (Fsp3) is 0.571. The Labute approximate surface area is 97.2 Å². The highest BCUT2D eigenvalue weighted by Crippen LogP contribution is 2.61. The van der Waals surface area contributed by atoms with Gasteiger partial charge in [-0.1, -0.05) is 0 Å². The molecular weight excluding hydrogens is 196 g/mol. The second kappa shape index (κ2) is 3.41. The van der Waals surface area contributed by atoms with Crippen LogP contribution in [0.25, 0.3) is 0 Å². The van der Waals surface area contributed by atoms with Gasteiger partial charge in [0.1, 0.15) is 0 Å². The minimum Gasteiger partial charge on any atom is -0.399 e. The van der Waals surface area contributed by atoms with Crippen LogP contribution in [0.15, 0.2) is 18.2 Å². The Morgan fingerprint density at radius 3 is 2.69 bits per heavy atom. The number of aryl methyl sites for hydroxylation is 1. The topological polar surface area (TPSA) is 38.0 Å². The van der Waals surface area contributed by atoms with Crippen LogP contribution in [0, 0.1) is 18.3 Å². The third-order valence-electron chi connectivity index (χ3n) is 4.22. The first-order valence-corrected chi connectivity index (χ1v) is 6.30. The van der Waals surface area contributed by atoms with E-state index in [-0.39, 0.29) is 0 Å². The molecular formula is C14H20N2. The lowest BCUT2D eigenvalue weighted by Crippen LogP contribution is -2.17. The second-order valence-corrected chi connectivity index (χ2v) is 5.56. The van der Waals surface area contributed by atoms with Crippen molar-refractivity contribution in [2.24, 2.45) is 11.3 Å². The summed E-state index contributed by atoms with van der Waals surface area (Å²) in [7, 11) is 0. The molecule has 2 fully saturated rings. The van der Waals surface area contributed by atoms with Gasteiger partial charge in [0, 0.05) is 17.9 Å². The number of benzene rings is 1. The van der Waals surface area contributed by atoms with E-state index in [2.05, 4.69) is 18.3 Å². The predicted molar refractivity (Wildman–Crippen MR) is 68.5 cm³/mol. The van der Waals surface area contributed by atoms with Gasteiger partial charge in [0.15, 0.2) is 0 Å². The Hall–Kier alpha value is -1.18. The van der Waals surface area contributed by atoms with Crippen LogP contribution in [0.1, 0.15) is 31.2 Å². The van der Waals surface area contributed by atoms with Crippen molar-refractivity contribution in [2.45, 2.75) is 32.6 Å². The van der Waals surface area contributed by atoms with Gasteiger partial charge in [-0.25, -0.2) is 0 Å². The molecule has 0 bridgehead atoms. The zero-order valence-electron chi connectivity index (χ0n) is 9.92. The summed E-state index contributed by atoms with van der Waals surface area (Å²) in [5.74, 6) is 1.02. The normalized spacial score (nSPS) is 21.8. The average Bonchev–Trinajstić information content (AvgIpc) is 3.11. The standard InChI is InChI=1S/C14H20N2/c1-10-8-12(15)4-5-13(10)16-9-14(6-7-14)11-2-3-11/h4-5,8,11,16H,2-3,6-7,9,15H2,1H3. The van der Waals surface area contributed by atoms with Crippen molar-refractivity contribution >= 4 is 11.4 Å². The van der Waals surface area contributed by atoms with E-state index in [4.69, 9.17) is 5.73 Å². The van der Waals surface area contributed by atoms with E-state index in [1.807, 2.05) is 12.1 Å². The van der Waals surface area contributed by atoms with Crippen LogP contribution in [0.2, 0.25) is 0 Å². The Balaban J connectivity index is 1.66. The third-order valence-corrected chi connectivity index (χ3v) is 4.22. The zero-order valence-corrected chi connectivity index (χ0v) is 9.92. The molecule has 0 aliphatic heterocycles. The van der Waals surface area contributed by atoms with Gasteiger partial charge in [-0.2, -0.15) is 0 Å². The number of nitrogens with two attached hydrogens (primary N) is 1. The molecule has 0 aromatic heterocycles. The largest absolute Gasteiger partial charge is 0.399 e. The Kier molecular flexibility index (Phi) is 2.13. The molecule has 0 heterocycles. The van der Waals surface area contributed by atoms with Crippen molar-refractivity contribution in [1.29, 1.82) is 0 Å². The van der Waals surface area contributed by atoms with Gasteiger partial charge in [-0.05, 0) is 67.7 Å². The van der Waals surface area contributed by atoms with Crippen LogP contribution < -0.4 is 11.1 Å². The quantitative estimate of drug-likeness (QED) is 0.759. The summed E-state index contributed by atoms with van der Waals surface area (Å²) in [5, 5.41) is 3.61. The Morgan fingerprint density at radius 2 is 2.12 bits per heavy atom. The van der Waals surface area contributed by atoms with Crippen LogP contribution >= 0.6 is 0 Å². The lowest BCUT2D eigenvalue weighted by molar-refractivity contribution is 0.467. The van der Waals surface area contributed by atoms with E-state index in [1.165, 1.54) is 36.9 Å². The van der Waals surface area contributed by atoms with Crippen LogP contribution in [0.4, 0.5) is 11.4 Å². The monoisotopic (exact) mass is 216 g/mol. The minimum absolute atomic E-state index is 0.661. The zero-order chi connectivity index (χ0) is 11.2. The fourth-order valence-electron chi connectivity index (χ4n) is 2.74. The lowest BCUT2D eigenvalue weighted by Gasteiger charge is -2.17. The number of hydrogen-bond acceptors (Lipinski definition) is 2. The first-order valence-electron chi connectivity index (χ1n) is 6.30. The minimum atomic E-state index is 0.661.